The predicted molar refractivity (Wildman–Crippen MR) is 93.2 cm³/mol. The molecule has 0 atom stereocenters. The van der Waals surface area contributed by atoms with E-state index in [-0.39, 0.29) is 11.5 Å². The van der Waals surface area contributed by atoms with E-state index in [2.05, 4.69) is 26.2 Å². The number of pyridine rings is 1. The van der Waals surface area contributed by atoms with Gasteiger partial charge in [-0.3, -0.25) is 9.59 Å². The van der Waals surface area contributed by atoms with Gasteiger partial charge in [0.15, 0.2) is 0 Å². The summed E-state index contributed by atoms with van der Waals surface area (Å²) < 4.78 is 6.04. The Hall–Kier alpha value is -2.60. The number of fused-ring (bicyclic) bond motifs is 1. The number of H-pyrrole nitrogens is 1. The van der Waals surface area contributed by atoms with E-state index in [0.29, 0.717) is 27.9 Å². The van der Waals surface area contributed by atoms with Crippen molar-refractivity contribution < 1.29 is 9.53 Å². The molecule has 0 saturated heterocycles. The summed E-state index contributed by atoms with van der Waals surface area (Å²) in [6.45, 7) is 0. The van der Waals surface area contributed by atoms with Crippen LogP contribution in [-0.4, -0.2) is 18.0 Å². The molecule has 2 N–H and O–H groups in total. The van der Waals surface area contributed by atoms with Gasteiger partial charge in [-0.2, -0.15) is 0 Å². The number of amides is 1. The van der Waals surface area contributed by atoms with Gasteiger partial charge in [-0.05, 0) is 24.3 Å². The Labute approximate surface area is 140 Å². The molecule has 1 aromatic heterocycles. The highest BCUT2D eigenvalue weighted by Gasteiger charge is 2.14. The average Bonchev–Trinajstić information content (AvgIpc) is 2.54. The normalized spacial score (nSPS) is 10.5. The van der Waals surface area contributed by atoms with Gasteiger partial charge < -0.3 is 15.0 Å². The Morgan fingerprint density at radius 3 is 2.74 bits per heavy atom. The van der Waals surface area contributed by atoms with E-state index in [9.17, 15) is 9.59 Å². The van der Waals surface area contributed by atoms with Crippen LogP contribution < -0.4 is 15.6 Å². The molecule has 0 radical (unpaired) electrons. The molecular weight excluding hydrogens is 360 g/mol. The van der Waals surface area contributed by atoms with E-state index in [1.807, 2.05) is 12.1 Å². The fraction of sp³-hybridized carbons (Fsp3) is 0.0588. The first-order chi connectivity index (χ1) is 11.1. The molecule has 1 heterocycles. The van der Waals surface area contributed by atoms with Gasteiger partial charge in [0.05, 0.1) is 23.9 Å². The van der Waals surface area contributed by atoms with Crippen molar-refractivity contribution in [3.8, 4) is 5.75 Å². The van der Waals surface area contributed by atoms with Gasteiger partial charge in [-0.15, -0.1) is 0 Å². The number of hydrogen-bond acceptors (Lipinski definition) is 3. The smallest absolute Gasteiger partial charge is 0.256 e. The number of hydrogen-bond donors (Lipinski definition) is 2. The fourth-order valence-corrected chi connectivity index (χ4v) is 2.72. The van der Waals surface area contributed by atoms with Crippen LogP contribution in [0.3, 0.4) is 0 Å². The molecule has 6 heteroatoms. The van der Waals surface area contributed by atoms with E-state index >= 15 is 0 Å². The molecule has 5 nitrogen and oxygen atoms in total. The van der Waals surface area contributed by atoms with Crippen LogP contribution in [0.5, 0.6) is 5.75 Å². The highest BCUT2D eigenvalue weighted by atomic mass is 79.9. The van der Waals surface area contributed by atoms with Crippen molar-refractivity contribution in [2.75, 3.05) is 12.4 Å². The summed E-state index contributed by atoms with van der Waals surface area (Å²) in [5.41, 5.74) is 1.12. The molecule has 23 heavy (non-hydrogen) atoms. The van der Waals surface area contributed by atoms with Crippen LogP contribution in [0.2, 0.25) is 0 Å². The first-order valence-corrected chi connectivity index (χ1v) is 7.65. The number of halogens is 1. The summed E-state index contributed by atoms with van der Waals surface area (Å²) >= 11 is 3.35. The van der Waals surface area contributed by atoms with Crippen molar-refractivity contribution >= 4 is 38.4 Å². The van der Waals surface area contributed by atoms with E-state index in [1.54, 1.807) is 30.3 Å². The van der Waals surface area contributed by atoms with E-state index in [1.165, 1.54) is 13.2 Å². The molecule has 0 spiro atoms. The Morgan fingerprint density at radius 1 is 1.17 bits per heavy atom. The summed E-state index contributed by atoms with van der Waals surface area (Å²) in [5, 5.41) is 3.45. The van der Waals surface area contributed by atoms with E-state index in [4.69, 9.17) is 4.74 Å². The highest BCUT2D eigenvalue weighted by molar-refractivity contribution is 9.10. The molecule has 0 aliphatic carbocycles. The number of para-hydroxylation sites is 2. The first kappa shape index (κ1) is 15.3. The zero-order valence-corrected chi connectivity index (χ0v) is 13.8. The number of ether oxygens (including phenoxy) is 1. The quantitative estimate of drug-likeness (QED) is 0.738. The minimum absolute atomic E-state index is 0.308. The van der Waals surface area contributed by atoms with Gasteiger partial charge in [0.2, 0.25) is 5.56 Å². The SMILES string of the molecule is COc1ccccc1NC(=O)c1cc(=O)[nH]c2cc(Br)ccc12. The Kier molecular flexibility index (Phi) is 4.16. The van der Waals surface area contributed by atoms with Crippen LogP contribution in [0, 0.1) is 0 Å². The number of nitrogens with one attached hydrogen (secondary N) is 2. The summed E-state index contributed by atoms with van der Waals surface area (Å²) in [7, 11) is 1.53. The number of carbonyl (C=O) groups is 1. The lowest BCUT2D eigenvalue weighted by molar-refractivity contribution is 0.102. The van der Waals surface area contributed by atoms with Gasteiger partial charge in [-0.1, -0.05) is 34.1 Å². The zero-order valence-electron chi connectivity index (χ0n) is 12.2. The number of anilines is 1. The van der Waals surface area contributed by atoms with Gasteiger partial charge in [0, 0.05) is 15.9 Å². The Balaban J connectivity index is 2.06. The molecule has 0 aliphatic heterocycles. The number of benzene rings is 2. The van der Waals surface area contributed by atoms with Crippen LogP contribution in [-0.2, 0) is 0 Å². The average molecular weight is 373 g/mol. The molecule has 2 aromatic carbocycles. The third kappa shape index (κ3) is 3.12. The van der Waals surface area contributed by atoms with Crippen molar-refractivity contribution in [1.29, 1.82) is 0 Å². The Morgan fingerprint density at radius 2 is 1.96 bits per heavy atom. The molecular formula is C17H13BrN2O3. The van der Waals surface area contributed by atoms with Crippen LogP contribution in [0.25, 0.3) is 10.9 Å². The molecule has 3 rings (SSSR count). The van der Waals surface area contributed by atoms with E-state index < -0.39 is 0 Å². The van der Waals surface area contributed by atoms with Crippen molar-refractivity contribution in [2.24, 2.45) is 0 Å². The fourth-order valence-electron chi connectivity index (χ4n) is 2.36. The lowest BCUT2D eigenvalue weighted by Crippen LogP contribution is -2.17. The minimum atomic E-state index is -0.368. The van der Waals surface area contributed by atoms with Gasteiger partial charge in [0.25, 0.3) is 5.91 Å². The number of carbonyl (C=O) groups excluding carboxylic acids is 1. The number of rotatable bonds is 3. The molecule has 0 aliphatic rings. The molecule has 0 bridgehead atoms. The summed E-state index contributed by atoms with van der Waals surface area (Å²) in [4.78, 5) is 27.1. The van der Waals surface area contributed by atoms with Gasteiger partial charge >= 0.3 is 0 Å². The van der Waals surface area contributed by atoms with Crippen LogP contribution in [0.15, 0.2) is 57.8 Å². The summed E-state index contributed by atoms with van der Waals surface area (Å²) in [5.74, 6) is 0.186. The van der Waals surface area contributed by atoms with Gasteiger partial charge in [0.1, 0.15) is 5.75 Å². The zero-order chi connectivity index (χ0) is 16.4. The second kappa shape index (κ2) is 6.26. The van der Waals surface area contributed by atoms with E-state index in [0.717, 1.165) is 4.47 Å². The molecule has 116 valence electrons. The standard InChI is InChI=1S/C17H13BrN2O3/c1-23-15-5-3-2-4-13(15)20-17(22)12-9-16(21)19-14-8-10(18)6-7-11(12)14/h2-9H,1H3,(H,19,21)(H,20,22). The summed E-state index contributed by atoms with van der Waals surface area (Å²) in [6, 6.07) is 13.8. The van der Waals surface area contributed by atoms with Crippen LogP contribution in [0.1, 0.15) is 10.4 Å². The molecule has 0 unspecified atom stereocenters. The molecule has 3 aromatic rings. The third-order valence-electron chi connectivity index (χ3n) is 3.40. The first-order valence-electron chi connectivity index (χ1n) is 6.85. The van der Waals surface area contributed by atoms with Crippen molar-refractivity contribution in [3.63, 3.8) is 0 Å². The Bertz CT molecular complexity index is 950. The maximum absolute atomic E-state index is 12.6. The lowest BCUT2D eigenvalue weighted by atomic mass is 10.1. The second-order valence-electron chi connectivity index (χ2n) is 4.89. The second-order valence-corrected chi connectivity index (χ2v) is 5.81. The maximum Gasteiger partial charge on any atom is 0.256 e. The van der Waals surface area contributed by atoms with Gasteiger partial charge in [-0.25, -0.2) is 0 Å². The van der Waals surface area contributed by atoms with Crippen molar-refractivity contribution in [2.45, 2.75) is 0 Å². The number of aromatic amines is 1. The van der Waals surface area contributed by atoms with Crippen LogP contribution >= 0.6 is 15.9 Å². The maximum atomic E-state index is 12.6. The molecule has 0 fully saturated rings. The predicted octanol–water partition coefficient (Wildman–Crippen LogP) is 3.55. The van der Waals surface area contributed by atoms with Crippen LogP contribution in [0.4, 0.5) is 5.69 Å². The molecule has 1 amide bonds. The largest absolute Gasteiger partial charge is 0.495 e. The topological polar surface area (TPSA) is 71.2 Å². The van der Waals surface area contributed by atoms with Crippen molar-refractivity contribution in [1.82, 2.24) is 4.98 Å². The number of aromatic nitrogens is 1. The number of methoxy groups -OCH3 is 1. The van der Waals surface area contributed by atoms with Crippen molar-refractivity contribution in [3.05, 3.63) is 68.9 Å². The minimum Gasteiger partial charge on any atom is -0.495 e. The lowest BCUT2D eigenvalue weighted by Gasteiger charge is -2.11. The summed E-state index contributed by atoms with van der Waals surface area (Å²) in [6.07, 6.45) is 0. The third-order valence-corrected chi connectivity index (χ3v) is 3.90. The monoisotopic (exact) mass is 372 g/mol. The molecule has 0 saturated carbocycles. The highest BCUT2D eigenvalue weighted by Crippen LogP contribution is 2.25.